The molecule has 11 heteroatoms. The molecule has 0 saturated heterocycles. The van der Waals surface area contributed by atoms with E-state index in [0.29, 0.717) is 53.8 Å². The van der Waals surface area contributed by atoms with Gasteiger partial charge in [0.05, 0.1) is 16.0 Å². The molecule has 1 aliphatic carbocycles. The van der Waals surface area contributed by atoms with Gasteiger partial charge < -0.3 is 14.9 Å². The molecule has 3 N–H and O–H groups in total. The van der Waals surface area contributed by atoms with Crippen molar-refractivity contribution in [3.05, 3.63) is 54.6 Å². The number of hydrogen-bond donors (Lipinski definition) is 3. The Labute approximate surface area is 194 Å². The number of carboxylic acid groups (broad SMARTS) is 1. The topological polar surface area (TPSA) is 111 Å². The summed E-state index contributed by atoms with van der Waals surface area (Å²) in [7, 11) is 3.42. The van der Waals surface area contributed by atoms with Crippen molar-refractivity contribution in [2.75, 3.05) is 16.8 Å². The number of aromatic amines is 1. The summed E-state index contributed by atoms with van der Waals surface area (Å²) >= 11 is 12.3. The highest BCUT2D eigenvalue weighted by Gasteiger charge is 2.40. The number of benzene rings is 1. The van der Waals surface area contributed by atoms with Gasteiger partial charge in [-0.1, -0.05) is 29.3 Å². The number of fused-ring (bicyclic) bond motifs is 1. The van der Waals surface area contributed by atoms with Crippen LogP contribution in [0, 0.1) is 5.92 Å². The zero-order chi connectivity index (χ0) is 23.2. The summed E-state index contributed by atoms with van der Waals surface area (Å²) in [5.41, 5.74) is 0.311. The van der Waals surface area contributed by atoms with Gasteiger partial charge in [0.25, 0.3) is 5.56 Å². The van der Waals surface area contributed by atoms with Gasteiger partial charge in [-0.25, -0.2) is 4.79 Å². The van der Waals surface area contributed by atoms with E-state index >= 15 is 0 Å². The fourth-order valence-corrected chi connectivity index (χ4v) is 4.93. The Kier molecular flexibility index (Phi) is 6.24. The van der Waals surface area contributed by atoms with Crippen LogP contribution in [0.3, 0.4) is 0 Å². The van der Waals surface area contributed by atoms with Crippen molar-refractivity contribution in [2.24, 2.45) is 13.0 Å². The lowest BCUT2D eigenvalue weighted by Crippen LogP contribution is -2.56. The Balaban J connectivity index is 1.67. The first kappa shape index (κ1) is 22.7. The van der Waals surface area contributed by atoms with E-state index in [1.807, 2.05) is 15.9 Å². The Morgan fingerprint density at radius 1 is 1.16 bits per heavy atom. The highest BCUT2D eigenvalue weighted by atomic mass is 35.5. The molecule has 2 heterocycles. The summed E-state index contributed by atoms with van der Waals surface area (Å²) in [5.74, 6) is -0.566. The molecular weight excluding hydrogens is 457 g/mol. The summed E-state index contributed by atoms with van der Waals surface area (Å²) in [6.07, 6.45) is 2.23. The van der Waals surface area contributed by atoms with Gasteiger partial charge in [0.15, 0.2) is 6.29 Å². The molecule has 1 saturated carbocycles. The van der Waals surface area contributed by atoms with Crippen LogP contribution in [0.5, 0.6) is 0 Å². The lowest BCUT2D eigenvalue weighted by molar-refractivity contribution is -0.142. The molecular formula is C21H25Cl2N5O4. The van der Waals surface area contributed by atoms with Crippen molar-refractivity contribution in [3.8, 4) is 0 Å². The third-order valence-corrected chi connectivity index (χ3v) is 7.09. The molecule has 0 radical (unpaired) electrons. The number of aliphatic carboxylic acids is 1. The predicted molar refractivity (Wildman–Crippen MR) is 124 cm³/mol. The molecule has 4 rings (SSSR count). The molecule has 172 valence electrons. The van der Waals surface area contributed by atoms with Gasteiger partial charge in [-0.2, -0.15) is 0 Å². The largest absolute Gasteiger partial charge is 0.481 e. The van der Waals surface area contributed by atoms with E-state index < -0.39 is 23.5 Å². The minimum Gasteiger partial charge on any atom is -0.481 e. The third kappa shape index (κ3) is 4.12. The average molecular weight is 482 g/mol. The van der Waals surface area contributed by atoms with E-state index in [0.717, 1.165) is 5.56 Å². The summed E-state index contributed by atoms with van der Waals surface area (Å²) in [4.78, 5) is 42.4. The van der Waals surface area contributed by atoms with Gasteiger partial charge >= 0.3 is 11.7 Å². The van der Waals surface area contributed by atoms with Crippen LogP contribution < -0.4 is 26.4 Å². The van der Waals surface area contributed by atoms with Gasteiger partial charge in [0.2, 0.25) is 0 Å². The van der Waals surface area contributed by atoms with Gasteiger partial charge in [0, 0.05) is 26.7 Å². The molecule has 9 nitrogen and oxygen atoms in total. The van der Waals surface area contributed by atoms with Gasteiger partial charge in [-0.05, 0) is 43.4 Å². The summed E-state index contributed by atoms with van der Waals surface area (Å²) in [5, 5.41) is 13.7. The first-order valence-electron chi connectivity index (χ1n) is 10.4. The maximum absolute atomic E-state index is 12.7. The van der Waals surface area contributed by atoms with E-state index in [-0.39, 0.29) is 12.0 Å². The first-order chi connectivity index (χ1) is 15.2. The van der Waals surface area contributed by atoms with Gasteiger partial charge in [-0.3, -0.25) is 24.5 Å². The smallest absolute Gasteiger partial charge is 0.329 e. The highest BCUT2D eigenvalue weighted by molar-refractivity contribution is 6.42. The van der Waals surface area contributed by atoms with Crippen molar-refractivity contribution in [3.63, 3.8) is 0 Å². The van der Waals surface area contributed by atoms with Crippen LogP contribution in [0.2, 0.25) is 10.0 Å². The Hall–Kier alpha value is -2.49. The summed E-state index contributed by atoms with van der Waals surface area (Å²) < 4.78 is 1.42. The molecule has 1 aromatic heterocycles. The fourth-order valence-electron chi connectivity index (χ4n) is 4.61. The zero-order valence-corrected chi connectivity index (χ0v) is 19.3. The number of carboxylic acids is 1. The molecule has 0 spiro atoms. The zero-order valence-electron chi connectivity index (χ0n) is 17.8. The molecule has 0 bridgehead atoms. The number of hydrogen-bond acceptors (Lipinski definition) is 6. The van der Waals surface area contributed by atoms with Crippen molar-refractivity contribution in [1.82, 2.24) is 14.9 Å². The van der Waals surface area contributed by atoms with Crippen LogP contribution in [0.4, 0.5) is 11.5 Å². The SMILES string of the molecule is CN1c2c(n(C)c(=O)[nH]c2=O)N(Cc2ccc(Cl)c(Cl)c2)C1NC1CCC(C(=O)O)CC1. The quantitative estimate of drug-likeness (QED) is 0.600. The van der Waals surface area contributed by atoms with Crippen LogP contribution in [0.1, 0.15) is 31.2 Å². The molecule has 1 unspecified atom stereocenters. The van der Waals surface area contributed by atoms with Crippen molar-refractivity contribution >= 4 is 40.7 Å². The number of aromatic nitrogens is 2. The molecule has 0 amide bonds. The maximum atomic E-state index is 12.7. The van der Waals surface area contributed by atoms with Crippen molar-refractivity contribution in [2.45, 2.75) is 44.6 Å². The lowest BCUT2D eigenvalue weighted by Gasteiger charge is -2.36. The van der Waals surface area contributed by atoms with Gasteiger partial charge in [0.1, 0.15) is 11.5 Å². The normalized spacial score (nSPS) is 22.8. The molecule has 1 atom stereocenters. The van der Waals surface area contributed by atoms with Gasteiger partial charge in [-0.15, -0.1) is 0 Å². The van der Waals surface area contributed by atoms with Crippen molar-refractivity contribution < 1.29 is 9.90 Å². The van der Waals surface area contributed by atoms with E-state index in [2.05, 4.69) is 10.3 Å². The Bertz CT molecular complexity index is 1160. The average Bonchev–Trinajstić information content (AvgIpc) is 3.01. The molecule has 2 aliphatic rings. The number of H-pyrrole nitrogens is 1. The summed E-state index contributed by atoms with van der Waals surface area (Å²) in [6, 6.07) is 5.42. The van der Waals surface area contributed by atoms with E-state index in [9.17, 15) is 19.5 Å². The van der Waals surface area contributed by atoms with Crippen LogP contribution in [-0.2, 0) is 18.4 Å². The van der Waals surface area contributed by atoms with Crippen LogP contribution >= 0.6 is 23.2 Å². The fraction of sp³-hybridized carbons (Fsp3) is 0.476. The molecule has 32 heavy (non-hydrogen) atoms. The van der Waals surface area contributed by atoms with E-state index in [1.54, 1.807) is 26.2 Å². The monoisotopic (exact) mass is 481 g/mol. The molecule has 2 aromatic rings. The van der Waals surface area contributed by atoms with Crippen LogP contribution in [0.25, 0.3) is 0 Å². The van der Waals surface area contributed by atoms with Crippen LogP contribution in [-0.4, -0.2) is 40.0 Å². The van der Waals surface area contributed by atoms with Crippen molar-refractivity contribution in [1.29, 1.82) is 0 Å². The molecule has 1 aromatic carbocycles. The molecule has 1 fully saturated rings. The lowest BCUT2D eigenvalue weighted by atomic mass is 9.86. The number of nitrogens with one attached hydrogen (secondary N) is 2. The number of rotatable bonds is 5. The second-order valence-corrected chi connectivity index (χ2v) is 9.22. The highest BCUT2D eigenvalue weighted by Crippen LogP contribution is 2.36. The van der Waals surface area contributed by atoms with Crippen LogP contribution in [0.15, 0.2) is 27.8 Å². The second-order valence-electron chi connectivity index (χ2n) is 8.40. The minimum atomic E-state index is -0.753. The third-order valence-electron chi connectivity index (χ3n) is 6.35. The second kappa shape index (κ2) is 8.80. The standard InChI is InChI=1S/C21H25Cl2N5O4/c1-26-16-17(29)25-21(32)27(2)18(16)28(10-11-3-8-14(22)15(23)9-11)20(26)24-13-6-4-12(5-7-13)19(30)31/h3,8-9,12-13,20,24H,4-7,10H2,1-2H3,(H,30,31)(H,25,29,32). The predicted octanol–water partition coefficient (Wildman–Crippen LogP) is 2.35. The van der Waals surface area contributed by atoms with E-state index in [4.69, 9.17) is 23.2 Å². The Morgan fingerprint density at radius 2 is 1.84 bits per heavy atom. The number of halogens is 2. The number of anilines is 2. The number of nitrogens with zero attached hydrogens (tertiary/aromatic N) is 3. The maximum Gasteiger partial charge on any atom is 0.329 e. The first-order valence-corrected chi connectivity index (χ1v) is 11.2. The van der Waals surface area contributed by atoms with E-state index in [1.165, 1.54) is 4.57 Å². The number of carbonyl (C=O) groups is 1. The summed E-state index contributed by atoms with van der Waals surface area (Å²) in [6.45, 7) is 0.382. The Morgan fingerprint density at radius 3 is 2.47 bits per heavy atom. The minimum absolute atomic E-state index is 0.0831. The molecule has 1 aliphatic heterocycles.